The maximum absolute atomic E-state index is 11.6. The molecule has 0 amide bonds. The fourth-order valence-corrected chi connectivity index (χ4v) is 1.89. The third kappa shape index (κ3) is 1.53. The van der Waals surface area contributed by atoms with E-state index < -0.39 is 0 Å². The second kappa shape index (κ2) is 3.56. The summed E-state index contributed by atoms with van der Waals surface area (Å²) < 4.78 is 5.24. The van der Waals surface area contributed by atoms with Crippen molar-refractivity contribution in [3.63, 3.8) is 0 Å². The van der Waals surface area contributed by atoms with Gasteiger partial charge in [0.25, 0.3) is 0 Å². The molecule has 0 N–H and O–H groups in total. The van der Waals surface area contributed by atoms with Gasteiger partial charge in [0.15, 0.2) is 0 Å². The van der Waals surface area contributed by atoms with Crippen molar-refractivity contribution >= 4 is 5.78 Å². The fourth-order valence-electron chi connectivity index (χ4n) is 1.89. The summed E-state index contributed by atoms with van der Waals surface area (Å²) in [7, 11) is 1.68. The van der Waals surface area contributed by atoms with Crippen LogP contribution in [0.1, 0.15) is 39.5 Å². The van der Waals surface area contributed by atoms with E-state index >= 15 is 0 Å². The van der Waals surface area contributed by atoms with Gasteiger partial charge in [-0.1, -0.05) is 13.3 Å². The van der Waals surface area contributed by atoms with E-state index in [4.69, 9.17) is 4.74 Å². The molecule has 0 bridgehead atoms. The van der Waals surface area contributed by atoms with Crippen molar-refractivity contribution in [3.05, 3.63) is 0 Å². The zero-order valence-electron chi connectivity index (χ0n) is 8.22. The molecule has 2 nitrogen and oxygen atoms in total. The molecule has 0 spiro atoms. The number of hydrogen-bond donors (Lipinski definition) is 0. The summed E-state index contributed by atoms with van der Waals surface area (Å²) in [6, 6.07) is 0. The summed E-state index contributed by atoms with van der Waals surface area (Å²) in [6.45, 7) is 4.02. The van der Waals surface area contributed by atoms with Crippen LogP contribution in [0.25, 0.3) is 0 Å². The molecule has 1 aliphatic carbocycles. The van der Waals surface area contributed by atoms with Crippen LogP contribution in [-0.4, -0.2) is 19.0 Å². The van der Waals surface area contributed by atoms with Crippen LogP contribution in [0.4, 0.5) is 0 Å². The highest BCUT2D eigenvalue weighted by Crippen LogP contribution is 2.36. The lowest BCUT2D eigenvalue weighted by Gasteiger charge is -2.36. The minimum absolute atomic E-state index is 0.0605. The number of carbonyl (C=O) groups is 1. The van der Waals surface area contributed by atoms with Crippen LogP contribution >= 0.6 is 0 Å². The average molecular weight is 170 g/mol. The molecule has 1 fully saturated rings. The van der Waals surface area contributed by atoms with Gasteiger partial charge in [-0.2, -0.15) is 0 Å². The van der Waals surface area contributed by atoms with Crippen molar-refractivity contribution in [3.8, 4) is 0 Å². The van der Waals surface area contributed by atoms with E-state index in [0.29, 0.717) is 5.78 Å². The van der Waals surface area contributed by atoms with E-state index in [-0.39, 0.29) is 11.5 Å². The molecule has 0 heterocycles. The monoisotopic (exact) mass is 170 g/mol. The van der Waals surface area contributed by atoms with Gasteiger partial charge in [-0.25, -0.2) is 0 Å². The summed E-state index contributed by atoms with van der Waals surface area (Å²) in [4.78, 5) is 11.6. The van der Waals surface area contributed by atoms with Gasteiger partial charge in [0.1, 0.15) is 5.78 Å². The maximum Gasteiger partial charge on any atom is 0.141 e. The maximum atomic E-state index is 11.6. The Labute approximate surface area is 74.3 Å². The summed E-state index contributed by atoms with van der Waals surface area (Å²) >= 11 is 0. The molecule has 2 heteroatoms. The van der Waals surface area contributed by atoms with E-state index in [1.54, 1.807) is 7.11 Å². The smallest absolute Gasteiger partial charge is 0.141 e. The molecule has 0 radical (unpaired) electrons. The summed E-state index contributed by atoms with van der Waals surface area (Å²) in [6.07, 6.45) is 4.01. The molecule has 0 aromatic heterocycles. The molecule has 0 aromatic carbocycles. The second-order valence-electron chi connectivity index (χ2n) is 3.93. The molecule has 2 atom stereocenters. The molecule has 12 heavy (non-hydrogen) atoms. The Kier molecular flexibility index (Phi) is 2.89. The predicted molar refractivity (Wildman–Crippen MR) is 48.1 cm³/mol. The lowest BCUT2D eigenvalue weighted by molar-refractivity contribution is -0.138. The van der Waals surface area contributed by atoms with Crippen molar-refractivity contribution in [2.45, 2.75) is 45.6 Å². The zero-order chi connectivity index (χ0) is 9.19. The molecular weight excluding hydrogens is 152 g/mol. The minimum atomic E-state index is -0.215. The number of Topliss-reactive ketones (excluding diaryl/α,β-unsaturated/α-hetero) is 1. The second-order valence-corrected chi connectivity index (χ2v) is 3.93. The zero-order valence-corrected chi connectivity index (χ0v) is 8.22. The Balaban J connectivity index is 2.72. The van der Waals surface area contributed by atoms with Crippen LogP contribution in [0.2, 0.25) is 0 Å². The van der Waals surface area contributed by atoms with E-state index in [9.17, 15) is 4.79 Å². The van der Waals surface area contributed by atoms with Crippen LogP contribution in [0.15, 0.2) is 0 Å². The van der Waals surface area contributed by atoms with E-state index in [1.807, 2.05) is 13.8 Å². The van der Waals surface area contributed by atoms with E-state index in [1.165, 1.54) is 0 Å². The van der Waals surface area contributed by atoms with Crippen LogP contribution < -0.4 is 0 Å². The first kappa shape index (κ1) is 9.72. The molecule has 0 aliphatic heterocycles. The highest BCUT2D eigenvalue weighted by atomic mass is 16.5. The number of ether oxygens (including phenoxy) is 1. The van der Waals surface area contributed by atoms with Gasteiger partial charge in [-0.3, -0.25) is 4.79 Å². The van der Waals surface area contributed by atoms with E-state index in [2.05, 4.69) is 0 Å². The summed E-state index contributed by atoms with van der Waals surface area (Å²) in [5.74, 6) is 0.378. The molecule has 1 aliphatic rings. The van der Waals surface area contributed by atoms with Gasteiger partial charge < -0.3 is 4.74 Å². The number of hydrogen-bond acceptors (Lipinski definition) is 2. The topological polar surface area (TPSA) is 26.3 Å². The highest BCUT2D eigenvalue weighted by Gasteiger charge is 2.39. The van der Waals surface area contributed by atoms with Crippen LogP contribution in [0.5, 0.6) is 0 Å². The van der Waals surface area contributed by atoms with Gasteiger partial charge in [-0.15, -0.1) is 0 Å². The van der Waals surface area contributed by atoms with Crippen molar-refractivity contribution < 1.29 is 9.53 Å². The lowest BCUT2D eigenvalue weighted by Crippen LogP contribution is -2.41. The summed E-state index contributed by atoms with van der Waals surface area (Å²) in [5.41, 5.74) is -0.215. The number of rotatable bonds is 2. The van der Waals surface area contributed by atoms with Gasteiger partial charge >= 0.3 is 0 Å². The number of ketones is 1. The molecule has 1 saturated carbocycles. The van der Waals surface area contributed by atoms with Gasteiger partial charge in [0.05, 0.1) is 11.5 Å². The van der Waals surface area contributed by atoms with Crippen LogP contribution in [0, 0.1) is 5.41 Å². The molecule has 2 unspecified atom stereocenters. The Morgan fingerprint density at radius 1 is 1.50 bits per heavy atom. The molecular formula is C10H18O2. The molecule has 0 saturated heterocycles. The molecule has 1 rings (SSSR count). The Morgan fingerprint density at radius 3 is 2.67 bits per heavy atom. The van der Waals surface area contributed by atoms with Crippen LogP contribution in [0.3, 0.4) is 0 Å². The van der Waals surface area contributed by atoms with Crippen molar-refractivity contribution in [1.29, 1.82) is 0 Å². The van der Waals surface area contributed by atoms with Crippen molar-refractivity contribution in [2.75, 3.05) is 7.11 Å². The van der Waals surface area contributed by atoms with Crippen molar-refractivity contribution in [2.24, 2.45) is 5.41 Å². The SMILES string of the molecule is COC(C)C1(C)CCCCC1=O. The van der Waals surface area contributed by atoms with Gasteiger partial charge in [0, 0.05) is 13.5 Å². The normalized spacial score (nSPS) is 33.4. The Bertz CT molecular complexity index is 177. The molecule has 70 valence electrons. The first-order chi connectivity index (χ1) is 5.61. The Hall–Kier alpha value is -0.370. The number of methoxy groups -OCH3 is 1. The first-order valence-corrected chi connectivity index (χ1v) is 4.67. The fraction of sp³-hybridized carbons (Fsp3) is 0.900. The molecule has 0 aromatic rings. The van der Waals surface area contributed by atoms with Crippen molar-refractivity contribution in [1.82, 2.24) is 0 Å². The van der Waals surface area contributed by atoms with E-state index in [0.717, 1.165) is 25.7 Å². The van der Waals surface area contributed by atoms with Gasteiger partial charge in [-0.05, 0) is 19.8 Å². The van der Waals surface area contributed by atoms with Crippen LogP contribution in [-0.2, 0) is 9.53 Å². The highest BCUT2D eigenvalue weighted by molar-refractivity contribution is 5.85. The quantitative estimate of drug-likeness (QED) is 0.635. The third-order valence-electron chi connectivity index (χ3n) is 3.24. The minimum Gasteiger partial charge on any atom is -0.381 e. The lowest BCUT2D eigenvalue weighted by atomic mass is 9.71. The third-order valence-corrected chi connectivity index (χ3v) is 3.24. The Morgan fingerprint density at radius 2 is 2.17 bits per heavy atom. The average Bonchev–Trinajstić information content (AvgIpc) is 2.09. The van der Waals surface area contributed by atoms with Gasteiger partial charge in [0.2, 0.25) is 0 Å². The first-order valence-electron chi connectivity index (χ1n) is 4.67. The summed E-state index contributed by atoms with van der Waals surface area (Å²) in [5, 5.41) is 0. The standard InChI is InChI=1S/C10H18O2/c1-8(12-3)10(2)7-5-4-6-9(10)11/h8H,4-7H2,1-3H3. The largest absolute Gasteiger partial charge is 0.381 e. The number of carbonyl (C=O) groups excluding carboxylic acids is 1. The predicted octanol–water partition coefficient (Wildman–Crippen LogP) is 2.17.